The molecular formula is C33H53O10P. The molecule has 0 bridgehead atoms. The Morgan fingerprint density at radius 1 is 0.727 bits per heavy atom. The predicted octanol–water partition coefficient (Wildman–Crippen LogP) is 6.33. The molecule has 11 heteroatoms. The second kappa shape index (κ2) is 27.9. The number of carbonyl (C=O) groups excluding carboxylic acids is 2. The quantitative estimate of drug-likeness (QED) is 0.0277. The number of allylic oxidation sites excluding steroid dienone is 8. The summed E-state index contributed by atoms with van der Waals surface area (Å²) in [5.74, 6) is -1.08. The molecule has 0 aliphatic heterocycles. The molecule has 3 atom stereocenters. The summed E-state index contributed by atoms with van der Waals surface area (Å²) in [6.45, 7) is 3.19. The van der Waals surface area contributed by atoms with E-state index >= 15 is 0 Å². The van der Waals surface area contributed by atoms with Gasteiger partial charge in [-0.25, -0.2) is 4.57 Å². The minimum absolute atomic E-state index is 0.0269. The summed E-state index contributed by atoms with van der Waals surface area (Å²) in [4.78, 5) is 42.1. The molecule has 4 N–H and O–H groups in total. The molecule has 0 heterocycles. The lowest BCUT2D eigenvalue weighted by Gasteiger charge is -2.18. The van der Waals surface area contributed by atoms with Crippen molar-refractivity contribution >= 4 is 19.8 Å². The van der Waals surface area contributed by atoms with Gasteiger partial charge in [-0.2, -0.15) is 0 Å². The molecule has 0 aromatic carbocycles. The second-order valence-corrected chi connectivity index (χ2v) is 11.3. The molecule has 0 unspecified atom stereocenters. The standard InChI is InChI=1S/C33H53O10P/c1-3-5-7-10-19-25-32(36)41-27-31(28-42-44(38,39)40)43-33(37)26-20-12-9-8-11-16-22-30(35)24-18-14-13-17-23-29(34)21-15-6-4-2/h6,9,11-18,23-24,29-31,34-35H,3-5,7-8,10,19-22,25-28H2,1-2H3,(H2,38,39,40)/b12-9-,14-13-,15-6-,16-11-,23-17+,24-18+/t29-,30+,31+/m0/s1. The fraction of sp³-hybridized carbons (Fsp3) is 0.576. The molecule has 0 fully saturated rings. The fourth-order valence-electron chi connectivity index (χ4n) is 3.57. The third-order valence-electron chi connectivity index (χ3n) is 5.92. The molecule has 0 saturated carbocycles. The van der Waals surface area contributed by atoms with Crippen molar-refractivity contribution in [2.45, 2.75) is 109 Å². The zero-order valence-corrected chi connectivity index (χ0v) is 27.1. The maximum atomic E-state index is 12.2. The van der Waals surface area contributed by atoms with E-state index in [4.69, 9.17) is 19.3 Å². The number of aliphatic hydroxyl groups is 2. The van der Waals surface area contributed by atoms with Crippen molar-refractivity contribution in [3.05, 3.63) is 72.9 Å². The molecule has 0 aromatic heterocycles. The van der Waals surface area contributed by atoms with Crippen molar-refractivity contribution < 1.29 is 48.2 Å². The first-order valence-electron chi connectivity index (χ1n) is 15.4. The van der Waals surface area contributed by atoms with E-state index in [1.54, 1.807) is 42.5 Å². The van der Waals surface area contributed by atoms with Gasteiger partial charge in [0, 0.05) is 12.8 Å². The minimum atomic E-state index is -4.79. The largest absolute Gasteiger partial charge is 0.469 e. The Bertz CT molecular complexity index is 977. The van der Waals surface area contributed by atoms with Gasteiger partial charge in [0.1, 0.15) is 6.61 Å². The highest BCUT2D eigenvalue weighted by Gasteiger charge is 2.22. The number of phosphoric acid groups is 1. The van der Waals surface area contributed by atoms with Crippen LogP contribution in [0.5, 0.6) is 0 Å². The van der Waals surface area contributed by atoms with Gasteiger partial charge in [-0.3, -0.25) is 14.1 Å². The van der Waals surface area contributed by atoms with Crippen LogP contribution in [0, 0.1) is 0 Å². The average Bonchev–Trinajstić information content (AvgIpc) is 2.97. The van der Waals surface area contributed by atoms with E-state index < -0.39 is 44.7 Å². The molecule has 0 amide bonds. The summed E-state index contributed by atoms with van der Waals surface area (Å²) in [5, 5.41) is 19.8. The second-order valence-electron chi connectivity index (χ2n) is 10.1. The predicted molar refractivity (Wildman–Crippen MR) is 172 cm³/mol. The highest BCUT2D eigenvalue weighted by Crippen LogP contribution is 2.35. The highest BCUT2D eigenvalue weighted by atomic mass is 31.2. The first kappa shape index (κ1) is 41.4. The lowest BCUT2D eigenvalue weighted by Crippen LogP contribution is -2.29. The van der Waals surface area contributed by atoms with Crippen LogP contribution in [0.2, 0.25) is 0 Å². The van der Waals surface area contributed by atoms with E-state index in [9.17, 15) is 24.4 Å². The van der Waals surface area contributed by atoms with Gasteiger partial charge in [0.25, 0.3) is 0 Å². The van der Waals surface area contributed by atoms with Crippen LogP contribution in [0.25, 0.3) is 0 Å². The normalized spacial score (nSPS) is 15.0. The Balaban J connectivity index is 4.33. The van der Waals surface area contributed by atoms with Gasteiger partial charge in [-0.05, 0) is 38.5 Å². The number of carbonyl (C=O) groups is 2. The van der Waals surface area contributed by atoms with Crippen LogP contribution >= 0.6 is 7.82 Å². The molecule has 0 rings (SSSR count). The van der Waals surface area contributed by atoms with Crippen LogP contribution in [0.15, 0.2) is 72.9 Å². The van der Waals surface area contributed by atoms with E-state index in [1.807, 2.05) is 37.3 Å². The number of rotatable bonds is 26. The lowest BCUT2D eigenvalue weighted by atomic mass is 10.1. The Morgan fingerprint density at radius 3 is 1.95 bits per heavy atom. The first-order valence-corrected chi connectivity index (χ1v) is 17.0. The minimum Gasteiger partial charge on any atom is -0.462 e. The topological polar surface area (TPSA) is 160 Å². The summed E-state index contributed by atoms with van der Waals surface area (Å²) < 4.78 is 25.8. The van der Waals surface area contributed by atoms with Crippen LogP contribution in [-0.2, 0) is 28.2 Å². The van der Waals surface area contributed by atoms with E-state index in [0.717, 1.165) is 32.1 Å². The Kier molecular flexibility index (Phi) is 26.3. The molecule has 0 spiro atoms. The maximum Gasteiger partial charge on any atom is 0.469 e. The van der Waals surface area contributed by atoms with Crippen molar-refractivity contribution in [2.24, 2.45) is 0 Å². The van der Waals surface area contributed by atoms with Crippen LogP contribution < -0.4 is 0 Å². The zero-order valence-electron chi connectivity index (χ0n) is 26.2. The number of hydrogen-bond acceptors (Lipinski definition) is 8. The van der Waals surface area contributed by atoms with Gasteiger partial charge < -0.3 is 29.5 Å². The monoisotopic (exact) mass is 640 g/mol. The van der Waals surface area contributed by atoms with E-state index in [1.165, 1.54) is 0 Å². The number of hydrogen-bond donors (Lipinski definition) is 4. The summed E-state index contributed by atoms with van der Waals surface area (Å²) in [7, 11) is -4.79. The third-order valence-corrected chi connectivity index (χ3v) is 6.40. The molecule has 0 aliphatic rings. The highest BCUT2D eigenvalue weighted by molar-refractivity contribution is 7.46. The molecule has 0 radical (unpaired) electrons. The van der Waals surface area contributed by atoms with Crippen molar-refractivity contribution in [3.8, 4) is 0 Å². The smallest absolute Gasteiger partial charge is 0.462 e. The zero-order chi connectivity index (χ0) is 32.9. The van der Waals surface area contributed by atoms with Gasteiger partial charge >= 0.3 is 19.8 Å². The Labute approximate surface area is 263 Å². The maximum absolute atomic E-state index is 12.2. The van der Waals surface area contributed by atoms with Gasteiger partial charge in [-0.1, -0.05) is 112 Å². The van der Waals surface area contributed by atoms with Crippen molar-refractivity contribution in [1.82, 2.24) is 0 Å². The van der Waals surface area contributed by atoms with Crippen LogP contribution in [-0.4, -0.2) is 63.5 Å². The molecular weight excluding hydrogens is 587 g/mol. The fourth-order valence-corrected chi connectivity index (χ4v) is 3.93. The summed E-state index contributed by atoms with van der Waals surface area (Å²) in [6, 6.07) is 0. The van der Waals surface area contributed by atoms with Gasteiger partial charge in [0.05, 0.1) is 18.8 Å². The van der Waals surface area contributed by atoms with Crippen molar-refractivity contribution in [2.75, 3.05) is 13.2 Å². The third kappa shape index (κ3) is 29.5. The Morgan fingerprint density at radius 2 is 1.34 bits per heavy atom. The summed E-state index contributed by atoms with van der Waals surface area (Å²) in [5.41, 5.74) is 0. The molecule has 250 valence electrons. The summed E-state index contributed by atoms with van der Waals surface area (Å²) >= 11 is 0. The van der Waals surface area contributed by atoms with Gasteiger partial charge in [0.15, 0.2) is 6.10 Å². The molecule has 44 heavy (non-hydrogen) atoms. The number of phosphoric ester groups is 1. The van der Waals surface area contributed by atoms with Gasteiger partial charge in [-0.15, -0.1) is 0 Å². The van der Waals surface area contributed by atoms with E-state index in [2.05, 4.69) is 11.4 Å². The Hall–Kier alpha value is -2.59. The summed E-state index contributed by atoms with van der Waals surface area (Å²) in [6.07, 6.45) is 27.6. The van der Waals surface area contributed by atoms with Gasteiger partial charge in [0.2, 0.25) is 0 Å². The average molecular weight is 641 g/mol. The van der Waals surface area contributed by atoms with Crippen LogP contribution in [0.1, 0.15) is 90.9 Å². The lowest BCUT2D eigenvalue weighted by molar-refractivity contribution is -0.161. The number of unbranched alkanes of at least 4 members (excludes halogenated alkanes) is 4. The number of aliphatic hydroxyl groups excluding tert-OH is 2. The molecule has 10 nitrogen and oxygen atoms in total. The van der Waals surface area contributed by atoms with Crippen LogP contribution in [0.3, 0.4) is 0 Å². The number of esters is 2. The van der Waals surface area contributed by atoms with E-state index in [0.29, 0.717) is 32.1 Å². The number of ether oxygens (including phenoxy) is 2. The molecule has 0 aliphatic carbocycles. The van der Waals surface area contributed by atoms with Crippen molar-refractivity contribution in [3.63, 3.8) is 0 Å². The van der Waals surface area contributed by atoms with Crippen molar-refractivity contribution in [1.29, 1.82) is 0 Å². The molecule has 0 aromatic rings. The first-order chi connectivity index (χ1) is 21.1. The molecule has 0 saturated heterocycles. The van der Waals surface area contributed by atoms with Crippen LogP contribution in [0.4, 0.5) is 0 Å². The SMILES string of the molecule is CC/C=C\C[C@H](O)/C=C/C=C\C=C\[C@H](O)C/C=C\C/C=C\CCC(=O)O[C@H](COC(=O)CCCCCCC)COP(=O)(O)O. The van der Waals surface area contributed by atoms with E-state index in [-0.39, 0.29) is 19.4 Å².